The van der Waals surface area contributed by atoms with Crippen molar-refractivity contribution in [1.82, 2.24) is 14.6 Å². The molecule has 0 spiro atoms. The summed E-state index contributed by atoms with van der Waals surface area (Å²) >= 11 is 0. The number of nitro benzene ring substituents is 1. The molecular formula is C14H10N4O4. The lowest BCUT2D eigenvalue weighted by molar-refractivity contribution is -0.384. The molecule has 2 aromatic heterocycles. The van der Waals surface area contributed by atoms with Crippen LogP contribution >= 0.6 is 0 Å². The fourth-order valence-corrected chi connectivity index (χ4v) is 2.15. The molecule has 0 atom stereocenters. The van der Waals surface area contributed by atoms with Gasteiger partial charge in [-0.1, -0.05) is 0 Å². The molecular weight excluding hydrogens is 288 g/mol. The molecule has 110 valence electrons. The number of aryl methyl sites for hydroxylation is 1. The molecule has 0 aliphatic rings. The molecule has 3 rings (SSSR count). The van der Waals surface area contributed by atoms with E-state index in [2.05, 4.69) is 10.1 Å². The summed E-state index contributed by atoms with van der Waals surface area (Å²) in [4.78, 5) is 25.3. The molecule has 0 aliphatic carbocycles. The zero-order valence-corrected chi connectivity index (χ0v) is 11.4. The first-order valence-electron chi connectivity index (χ1n) is 6.31. The van der Waals surface area contributed by atoms with Crippen molar-refractivity contribution in [2.24, 2.45) is 0 Å². The van der Waals surface area contributed by atoms with Crippen LogP contribution in [0.4, 0.5) is 5.69 Å². The summed E-state index contributed by atoms with van der Waals surface area (Å²) in [5, 5.41) is 24.1. The minimum atomic E-state index is -1.07. The average molecular weight is 298 g/mol. The minimum absolute atomic E-state index is 0.00465. The van der Waals surface area contributed by atoms with E-state index in [0.29, 0.717) is 22.6 Å². The fraction of sp³-hybridized carbons (Fsp3) is 0.0714. The first-order valence-corrected chi connectivity index (χ1v) is 6.31. The van der Waals surface area contributed by atoms with E-state index in [4.69, 9.17) is 5.11 Å². The van der Waals surface area contributed by atoms with E-state index in [9.17, 15) is 14.9 Å². The second-order valence-electron chi connectivity index (χ2n) is 4.67. The number of hydrogen-bond donors (Lipinski definition) is 1. The number of rotatable bonds is 3. The summed E-state index contributed by atoms with van der Waals surface area (Å²) < 4.78 is 1.44. The van der Waals surface area contributed by atoms with E-state index in [-0.39, 0.29) is 11.3 Å². The van der Waals surface area contributed by atoms with Gasteiger partial charge in [-0.15, -0.1) is 0 Å². The third kappa shape index (κ3) is 2.16. The Morgan fingerprint density at radius 1 is 1.32 bits per heavy atom. The number of nitrogens with zero attached hydrogens (tertiary/aromatic N) is 4. The van der Waals surface area contributed by atoms with Crippen LogP contribution in [0.5, 0.6) is 0 Å². The highest BCUT2D eigenvalue weighted by molar-refractivity contribution is 5.88. The number of carboxylic acids is 1. The van der Waals surface area contributed by atoms with Crippen molar-refractivity contribution in [3.63, 3.8) is 0 Å². The van der Waals surface area contributed by atoms with Crippen LogP contribution in [-0.4, -0.2) is 30.6 Å². The molecule has 1 aromatic carbocycles. The quantitative estimate of drug-likeness (QED) is 0.586. The number of aromatic nitrogens is 3. The highest BCUT2D eigenvalue weighted by Gasteiger charge is 2.14. The van der Waals surface area contributed by atoms with Crippen LogP contribution in [-0.2, 0) is 0 Å². The summed E-state index contributed by atoms with van der Waals surface area (Å²) in [5.74, 6) is -1.07. The third-order valence-corrected chi connectivity index (χ3v) is 3.33. The largest absolute Gasteiger partial charge is 0.478 e. The Bertz CT molecular complexity index is 899. The molecule has 2 heterocycles. The number of fused-ring (bicyclic) bond motifs is 1. The van der Waals surface area contributed by atoms with Gasteiger partial charge in [0.05, 0.1) is 21.9 Å². The number of nitro groups is 1. The van der Waals surface area contributed by atoms with Crippen molar-refractivity contribution in [1.29, 1.82) is 0 Å². The van der Waals surface area contributed by atoms with Gasteiger partial charge in [-0.2, -0.15) is 5.10 Å². The van der Waals surface area contributed by atoms with Crippen molar-refractivity contribution >= 4 is 17.3 Å². The van der Waals surface area contributed by atoms with E-state index in [1.54, 1.807) is 25.1 Å². The summed E-state index contributed by atoms with van der Waals surface area (Å²) in [7, 11) is 0. The predicted molar refractivity (Wildman–Crippen MR) is 76.8 cm³/mol. The molecule has 0 saturated carbocycles. The zero-order valence-electron chi connectivity index (χ0n) is 11.4. The standard InChI is InChI=1S/C14H10N4O4/c1-8-11(14(19)20)7-15-13-6-12(16-17(8)13)9-2-4-10(5-3-9)18(21)22/h2-7H,1H3,(H,19,20). The number of carboxylic acid groups (broad SMARTS) is 1. The molecule has 3 aromatic rings. The fourth-order valence-electron chi connectivity index (χ4n) is 2.15. The molecule has 8 heteroatoms. The normalized spacial score (nSPS) is 10.8. The number of benzene rings is 1. The molecule has 0 saturated heterocycles. The first kappa shape index (κ1) is 13.7. The Labute approximate surface area is 123 Å². The smallest absolute Gasteiger partial charge is 0.339 e. The third-order valence-electron chi connectivity index (χ3n) is 3.33. The van der Waals surface area contributed by atoms with Gasteiger partial charge in [-0.3, -0.25) is 10.1 Å². The van der Waals surface area contributed by atoms with Gasteiger partial charge < -0.3 is 5.11 Å². The van der Waals surface area contributed by atoms with E-state index < -0.39 is 10.9 Å². The maximum atomic E-state index is 11.1. The lowest BCUT2D eigenvalue weighted by atomic mass is 10.1. The van der Waals surface area contributed by atoms with Crippen LogP contribution < -0.4 is 0 Å². The Kier molecular flexibility index (Phi) is 3.06. The van der Waals surface area contributed by atoms with Crippen LogP contribution in [0.3, 0.4) is 0 Å². The van der Waals surface area contributed by atoms with Crippen LogP contribution in [0, 0.1) is 17.0 Å². The van der Waals surface area contributed by atoms with Crippen molar-refractivity contribution in [3.05, 3.63) is 57.9 Å². The maximum Gasteiger partial charge on any atom is 0.339 e. The molecule has 8 nitrogen and oxygen atoms in total. The van der Waals surface area contributed by atoms with Crippen LogP contribution in [0.25, 0.3) is 16.9 Å². The van der Waals surface area contributed by atoms with Crippen LogP contribution in [0.15, 0.2) is 36.5 Å². The van der Waals surface area contributed by atoms with Crippen molar-refractivity contribution in [2.45, 2.75) is 6.92 Å². The molecule has 22 heavy (non-hydrogen) atoms. The minimum Gasteiger partial charge on any atom is -0.478 e. The second-order valence-corrected chi connectivity index (χ2v) is 4.67. The van der Waals surface area contributed by atoms with Crippen molar-refractivity contribution < 1.29 is 14.8 Å². The summed E-state index contributed by atoms with van der Waals surface area (Å²) in [5.41, 5.74) is 2.29. The molecule has 0 unspecified atom stereocenters. The van der Waals surface area contributed by atoms with Crippen molar-refractivity contribution in [2.75, 3.05) is 0 Å². The number of carbonyl (C=O) groups is 1. The lowest BCUT2D eigenvalue weighted by Crippen LogP contribution is -2.06. The summed E-state index contributed by atoms with van der Waals surface area (Å²) in [6.45, 7) is 1.64. The Balaban J connectivity index is 2.10. The predicted octanol–water partition coefficient (Wildman–Crippen LogP) is 2.31. The van der Waals surface area contributed by atoms with E-state index in [0.717, 1.165) is 0 Å². The topological polar surface area (TPSA) is 111 Å². The Morgan fingerprint density at radius 3 is 2.59 bits per heavy atom. The Hall–Kier alpha value is -3.29. The number of aromatic carboxylic acids is 1. The average Bonchev–Trinajstić information content (AvgIpc) is 2.92. The summed E-state index contributed by atoms with van der Waals surface area (Å²) in [6.07, 6.45) is 1.29. The van der Waals surface area contributed by atoms with Gasteiger partial charge in [-0.05, 0) is 19.1 Å². The van der Waals surface area contributed by atoms with Gasteiger partial charge in [0.15, 0.2) is 5.65 Å². The zero-order chi connectivity index (χ0) is 15.9. The molecule has 0 fully saturated rings. The number of non-ortho nitro benzene ring substituents is 1. The molecule has 0 aliphatic heterocycles. The van der Waals surface area contributed by atoms with Gasteiger partial charge in [0.25, 0.3) is 5.69 Å². The first-order chi connectivity index (χ1) is 10.5. The highest BCUT2D eigenvalue weighted by Crippen LogP contribution is 2.23. The molecule has 0 bridgehead atoms. The summed E-state index contributed by atoms with van der Waals surface area (Å²) in [6, 6.07) is 7.66. The number of hydrogen-bond acceptors (Lipinski definition) is 5. The van der Waals surface area contributed by atoms with Crippen LogP contribution in [0.2, 0.25) is 0 Å². The van der Waals surface area contributed by atoms with E-state index in [1.165, 1.54) is 22.8 Å². The lowest BCUT2D eigenvalue weighted by Gasteiger charge is -2.02. The monoisotopic (exact) mass is 298 g/mol. The SMILES string of the molecule is Cc1c(C(=O)O)cnc2cc(-c3ccc([N+](=O)[O-])cc3)nn12. The van der Waals surface area contributed by atoms with Gasteiger partial charge in [0.2, 0.25) is 0 Å². The molecule has 0 amide bonds. The van der Waals surface area contributed by atoms with E-state index in [1.807, 2.05) is 0 Å². The van der Waals surface area contributed by atoms with Crippen LogP contribution in [0.1, 0.15) is 16.1 Å². The molecule has 0 radical (unpaired) electrons. The van der Waals surface area contributed by atoms with Gasteiger partial charge in [-0.25, -0.2) is 14.3 Å². The van der Waals surface area contributed by atoms with Gasteiger partial charge >= 0.3 is 5.97 Å². The maximum absolute atomic E-state index is 11.1. The molecule has 1 N–H and O–H groups in total. The van der Waals surface area contributed by atoms with E-state index >= 15 is 0 Å². The van der Waals surface area contributed by atoms with Crippen molar-refractivity contribution in [3.8, 4) is 11.3 Å². The second kappa shape index (κ2) is 4.92. The highest BCUT2D eigenvalue weighted by atomic mass is 16.6. The van der Waals surface area contributed by atoms with Gasteiger partial charge in [0.1, 0.15) is 0 Å². The Morgan fingerprint density at radius 2 is 2.00 bits per heavy atom. The van der Waals surface area contributed by atoms with Gasteiger partial charge in [0, 0.05) is 30.0 Å².